The second-order valence-electron chi connectivity index (χ2n) is 4.10. The van der Waals surface area contributed by atoms with E-state index in [0.29, 0.717) is 24.2 Å². The maximum absolute atomic E-state index is 11.7. The highest BCUT2D eigenvalue weighted by Gasteiger charge is 2.29. The number of carbonyl (C=O) groups excluding carboxylic acids is 1. The van der Waals surface area contributed by atoms with E-state index in [1.54, 1.807) is 11.0 Å². The van der Waals surface area contributed by atoms with Gasteiger partial charge in [0.2, 0.25) is 5.91 Å². The van der Waals surface area contributed by atoms with Gasteiger partial charge >= 0.3 is 0 Å². The van der Waals surface area contributed by atoms with E-state index in [4.69, 9.17) is 11.0 Å². The Kier molecular flexibility index (Phi) is 2.63. The second kappa shape index (κ2) is 3.95. The van der Waals surface area contributed by atoms with Crippen molar-refractivity contribution in [3.8, 4) is 6.07 Å². The van der Waals surface area contributed by atoms with E-state index in [1.807, 2.05) is 19.1 Å². The Morgan fingerprint density at radius 1 is 1.56 bits per heavy atom. The summed E-state index contributed by atoms with van der Waals surface area (Å²) in [4.78, 5) is 13.3. The summed E-state index contributed by atoms with van der Waals surface area (Å²) in [6.07, 6.45) is 0.360. The number of hydrogen-bond donors (Lipinski definition) is 1. The highest BCUT2D eigenvalue weighted by molar-refractivity contribution is 5.97. The molecule has 1 amide bonds. The molecule has 1 atom stereocenters. The van der Waals surface area contributed by atoms with Crippen LogP contribution in [0.15, 0.2) is 18.2 Å². The summed E-state index contributed by atoms with van der Waals surface area (Å²) in [5, 5.41) is 9.00. The SMILES string of the molecule is Cc1ccc(C#N)c(N2CC(N)CC2=O)c1. The third-order valence-electron chi connectivity index (χ3n) is 2.72. The summed E-state index contributed by atoms with van der Waals surface area (Å²) in [6, 6.07) is 7.43. The highest BCUT2D eigenvalue weighted by Crippen LogP contribution is 2.25. The predicted molar refractivity (Wildman–Crippen MR) is 60.8 cm³/mol. The fourth-order valence-electron chi connectivity index (χ4n) is 1.93. The normalized spacial score (nSPS) is 19.9. The molecule has 2 rings (SSSR count). The molecule has 1 heterocycles. The molecular formula is C12H13N3O. The largest absolute Gasteiger partial charge is 0.326 e. The van der Waals surface area contributed by atoms with E-state index >= 15 is 0 Å². The van der Waals surface area contributed by atoms with Crippen LogP contribution in [0.3, 0.4) is 0 Å². The lowest BCUT2D eigenvalue weighted by atomic mass is 10.1. The van der Waals surface area contributed by atoms with E-state index in [-0.39, 0.29) is 11.9 Å². The number of nitriles is 1. The van der Waals surface area contributed by atoms with Gasteiger partial charge in [-0.25, -0.2) is 0 Å². The molecule has 1 unspecified atom stereocenters. The van der Waals surface area contributed by atoms with Gasteiger partial charge in [-0.2, -0.15) is 5.26 Å². The first-order valence-electron chi connectivity index (χ1n) is 5.18. The number of benzene rings is 1. The molecule has 0 aliphatic carbocycles. The zero-order valence-corrected chi connectivity index (χ0v) is 9.10. The van der Waals surface area contributed by atoms with Crippen LogP contribution >= 0.6 is 0 Å². The first-order chi connectivity index (χ1) is 7.61. The number of hydrogen-bond acceptors (Lipinski definition) is 3. The van der Waals surface area contributed by atoms with Crippen LogP contribution in [-0.4, -0.2) is 18.5 Å². The minimum absolute atomic E-state index is 0.00500. The van der Waals surface area contributed by atoms with Gasteiger partial charge in [-0.05, 0) is 24.6 Å². The Morgan fingerprint density at radius 2 is 2.31 bits per heavy atom. The van der Waals surface area contributed by atoms with Crippen molar-refractivity contribution in [1.82, 2.24) is 0 Å². The molecule has 1 aromatic rings. The lowest BCUT2D eigenvalue weighted by molar-refractivity contribution is -0.117. The first-order valence-corrected chi connectivity index (χ1v) is 5.18. The van der Waals surface area contributed by atoms with Crippen LogP contribution in [0.1, 0.15) is 17.5 Å². The third kappa shape index (κ3) is 1.77. The van der Waals surface area contributed by atoms with Crippen molar-refractivity contribution in [1.29, 1.82) is 5.26 Å². The Balaban J connectivity index is 2.44. The van der Waals surface area contributed by atoms with Crippen molar-refractivity contribution >= 4 is 11.6 Å². The van der Waals surface area contributed by atoms with E-state index in [2.05, 4.69) is 6.07 Å². The maximum Gasteiger partial charge on any atom is 0.228 e. The second-order valence-corrected chi connectivity index (χ2v) is 4.10. The summed E-state index contributed by atoms with van der Waals surface area (Å²) in [5.41, 5.74) is 7.97. The predicted octanol–water partition coefficient (Wildman–Crippen LogP) is 0.931. The number of nitrogens with two attached hydrogens (primary N) is 1. The summed E-state index contributed by atoms with van der Waals surface area (Å²) in [7, 11) is 0. The minimum atomic E-state index is -0.125. The van der Waals surface area contributed by atoms with Gasteiger partial charge in [0.1, 0.15) is 6.07 Å². The molecule has 1 saturated heterocycles. The Morgan fingerprint density at radius 3 is 2.88 bits per heavy atom. The van der Waals surface area contributed by atoms with Crippen LogP contribution in [0.2, 0.25) is 0 Å². The van der Waals surface area contributed by atoms with Crippen molar-refractivity contribution in [3.05, 3.63) is 29.3 Å². The Labute approximate surface area is 94.3 Å². The summed E-state index contributed by atoms with van der Waals surface area (Å²) in [5.74, 6) is -0.00500. The van der Waals surface area contributed by atoms with Crippen molar-refractivity contribution in [2.24, 2.45) is 5.73 Å². The Bertz CT molecular complexity index is 476. The van der Waals surface area contributed by atoms with Gasteiger partial charge in [0.05, 0.1) is 11.3 Å². The molecule has 0 aromatic heterocycles. The lowest BCUT2D eigenvalue weighted by Gasteiger charge is -2.18. The zero-order chi connectivity index (χ0) is 11.7. The monoisotopic (exact) mass is 215 g/mol. The van der Waals surface area contributed by atoms with E-state index in [1.165, 1.54) is 0 Å². The third-order valence-corrected chi connectivity index (χ3v) is 2.72. The fourth-order valence-corrected chi connectivity index (χ4v) is 1.93. The molecule has 1 fully saturated rings. The molecule has 16 heavy (non-hydrogen) atoms. The summed E-state index contributed by atoms with van der Waals surface area (Å²) < 4.78 is 0. The molecule has 1 aliphatic rings. The van der Waals surface area contributed by atoms with Crippen LogP contribution in [-0.2, 0) is 4.79 Å². The van der Waals surface area contributed by atoms with Gasteiger partial charge in [-0.3, -0.25) is 4.79 Å². The lowest BCUT2D eigenvalue weighted by Crippen LogP contribution is -2.28. The molecule has 2 N–H and O–H groups in total. The van der Waals surface area contributed by atoms with E-state index in [9.17, 15) is 4.79 Å². The molecule has 4 heteroatoms. The quantitative estimate of drug-likeness (QED) is 0.757. The number of anilines is 1. The van der Waals surface area contributed by atoms with Gasteiger partial charge in [0, 0.05) is 19.0 Å². The van der Waals surface area contributed by atoms with Crippen LogP contribution in [0.25, 0.3) is 0 Å². The minimum Gasteiger partial charge on any atom is -0.326 e. The van der Waals surface area contributed by atoms with Crippen molar-refractivity contribution < 1.29 is 4.79 Å². The van der Waals surface area contributed by atoms with Gasteiger partial charge < -0.3 is 10.6 Å². The number of carbonyl (C=O) groups is 1. The standard InChI is InChI=1S/C12H13N3O/c1-8-2-3-9(6-13)11(4-8)15-7-10(14)5-12(15)16/h2-4,10H,5,7,14H2,1H3. The molecule has 0 spiro atoms. The van der Waals surface area contributed by atoms with Crippen molar-refractivity contribution in [2.45, 2.75) is 19.4 Å². The van der Waals surface area contributed by atoms with Crippen LogP contribution in [0, 0.1) is 18.3 Å². The topological polar surface area (TPSA) is 70.1 Å². The van der Waals surface area contributed by atoms with Crippen LogP contribution in [0.4, 0.5) is 5.69 Å². The van der Waals surface area contributed by atoms with Gasteiger partial charge in [0.15, 0.2) is 0 Å². The van der Waals surface area contributed by atoms with Gasteiger partial charge in [0.25, 0.3) is 0 Å². The number of amides is 1. The summed E-state index contributed by atoms with van der Waals surface area (Å²) in [6.45, 7) is 2.43. The van der Waals surface area contributed by atoms with Crippen LogP contribution in [0.5, 0.6) is 0 Å². The van der Waals surface area contributed by atoms with Gasteiger partial charge in [-0.15, -0.1) is 0 Å². The molecule has 4 nitrogen and oxygen atoms in total. The first kappa shape index (κ1) is 10.7. The van der Waals surface area contributed by atoms with Crippen molar-refractivity contribution in [2.75, 3.05) is 11.4 Å². The van der Waals surface area contributed by atoms with Crippen LogP contribution < -0.4 is 10.6 Å². The fraction of sp³-hybridized carbons (Fsp3) is 0.333. The Hall–Kier alpha value is -1.86. The molecule has 1 aromatic carbocycles. The van der Waals surface area contributed by atoms with Gasteiger partial charge in [-0.1, -0.05) is 6.07 Å². The van der Waals surface area contributed by atoms with E-state index in [0.717, 1.165) is 5.56 Å². The number of nitrogens with zero attached hydrogens (tertiary/aromatic N) is 2. The smallest absolute Gasteiger partial charge is 0.228 e. The number of rotatable bonds is 1. The molecule has 0 saturated carbocycles. The van der Waals surface area contributed by atoms with Crippen molar-refractivity contribution in [3.63, 3.8) is 0 Å². The molecule has 0 bridgehead atoms. The molecular weight excluding hydrogens is 202 g/mol. The summed E-state index contributed by atoms with van der Waals surface area (Å²) >= 11 is 0. The molecule has 0 radical (unpaired) electrons. The molecule has 82 valence electrons. The van der Waals surface area contributed by atoms with E-state index < -0.39 is 0 Å². The highest BCUT2D eigenvalue weighted by atomic mass is 16.2. The average molecular weight is 215 g/mol. The average Bonchev–Trinajstić information content (AvgIpc) is 2.57. The molecule has 1 aliphatic heterocycles. The number of aryl methyl sites for hydroxylation is 1. The zero-order valence-electron chi connectivity index (χ0n) is 9.10. The maximum atomic E-state index is 11.7.